The van der Waals surface area contributed by atoms with Crippen molar-refractivity contribution in [2.75, 3.05) is 6.61 Å². The molecule has 0 radical (unpaired) electrons. The van der Waals surface area contributed by atoms with Crippen LogP contribution < -0.4 is 0 Å². The van der Waals surface area contributed by atoms with E-state index in [4.69, 9.17) is 4.74 Å². The van der Waals surface area contributed by atoms with Crippen molar-refractivity contribution >= 4 is 12.3 Å². The normalized spacial score (nSPS) is 10.5. The van der Waals surface area contributed by atoms with Gasteiger partial charge in [0.15, 0.2) is 6.29 Å². The molecule has 2 rings (SSSR count). The molecule has 1 aromatic heterocycles. The largest absolute Gasteiger partial charge is 0.462 e. The van der Waals surface area contributed by atoms with Gasteiger partial charge in [0.2, 0.25) is 0 Å². The monoisotopic (exact) mass is 303 g/mol. The lowest BCUT2D eigenvalue weighted by Crippen LogP contribution is -2.09. The highest BCUT2D eigenvalue weighted by molar-refractivity contribution is 5.97. The van der Waals surface area contributed by atoms with Crippen LogP contribution >= 0.6 is 0 Å². The summed E-state index contributed by atoms with van der Waals surface area (Å²) in [6, 6.07) is 5.56. The molecular weight excluding hydrogens is 285 g/mol. The Morgan fingerprint density at radius 1 is 1.36 bits per heavy atom. The lowest BCUT2D eigenvalue weighted by atomic mass is 10.0. The first kappa shape index (κ1) is 15.9. The number of carbonyl (C=O) groups is 2. The van der Waals surface area contributed by atoms with Crippen molar-refractivity contribution in [1.29, 1.82) is 0 Å². The van der Waals surface area contributed by atoms with Gasteiger partial charge in [0, 0.05) is 29.6 Å². The van der Waals surface area contributed by atoms with Gasteiger partial charge in [-0.15, -0.1) is 0 Å². The third-order valence-corrected chi connectivity index (χ3v) is 3.62. The van der Waals surface area contributed by atoms with Gasteiger partial charge in [0.05, 0.1) is 12.2 Å². The Balaban J connectivity index is 2.57. The van der Waals surface area contributed by atoms with E-state index in [1.807, 2.05) is 6.92 Å². The molecule has 0 atom stereocenters. The highest BCUT2D eigenvalue weighted by Crippen LogP contribution is 2.28. The van der Waals surface area contributed by atoms with E-state index in [0.717, 1.165) is 12.0 Å². The molecule has 1 aromatic carbocycles. The van der Waals surface area contributed by atoms with Crippen molar-refractivity contribution in [3.05, 3.63) is 46.9 Å². The fourth-order valence-electron chi connectivity index (χ4n) is 2.28. The van der Waals surface area contributed by atoms with Crippen LogP contribution in [0.3, 0.4) is 0 Å². The van der Waals surface area contributed by atoms with Crippen LogP contribution in [0.4, 0.5) is 4.39 Å². The van der Waals surface area contributed by atoms with Crippen molar-refractivity contribution in [2.45, 2.75) is 20.3 Å². The van der Waals surface area contributed by atoms with Crippen molar-refractivity contribution in [3.63, 3.8) is 0 Å². The van der Waals surface area contributed by atoms with E-state index >= 15 is 0 Å². The van der Waals surface area contributed by atoms with Crippen LogP contribution in [-0.4, -0.2) is 23.4 Å². The lowest BCUT2D eigenvalue weighted by molar-refractivity contribution is 0.0506. The summed E-state index contributed by atoms with van der Waals surface area (Å²) in [6.07, 6.45) is 1.45. The van der Waals surface area contributed by atoms with E-state index in [-0.39, 0.29) is 5.56 Å². The van der Waals surface area contributed by atoms with Crippen LogP contribution in [0.2, 0.25) is 0 Å². The molecule has 0 saturated heterocycles. The van der Waals surface area contributed by atoms with E-state index < -0.39 is 11.8 Å². The highest BCUT2D eigenvalue weighted by atomic mass is 19.1. The Morgan fingerprint density at radius 3 is 2.68 bits per heavy atom. The number of nitrogens with zero attached hydrogens (tertiary/aromatic N) is 1. The summed E-state index contributed by atoms with van der Waals surface area (Å²) in [6.45, 7) is 4.00. The van der Waals surface area contributed by atoms with Gasteiger partial charge in [-0.05, 0) is 37.6 Å². The number of ether oxygens (including phenoxy) is 1. The standard InChI is InChI=1S/C17H18FNO3/c1-4-7-22-17(21)14-6-5-13(18)9-15(14)16-8-12(10-20)11(2)19(16)3/h5-6,8-10H,4,7H2,1-3H3. The quantitative estimate of drug-likeness (QED) is 0.627. The SMILES string of the molecule is CCCOC(=O)c1ccc(F)cc1-c1cc(C=O)c(C)n1C. The maximum Gasteiger partial charge on any atom is 0.338 e. The van der Waals surface area contributed by atoms with Crippen molar-refractivity contribution < 1.29 is 18.7 Å². The highest BCUT2D eigenvalue weighted by Gasteiger charge is 2.19. The Kier molecular flexibility index (Phi) is 4.75. The zero-order valence-electron chi connectivity index (χ0n) is 12.9. The molecule has 0 aliphatic heterocycles. The number of benzene rings is 1. The predicted molar refractivity (Wildman–Crippen MR) is 81.5 cm³/mol. The molecule has 22 heavy (non-hydrogen) atoms. The number of aldehydes is 1. The van der Waals surface area contributed by atoms with Gasteiger partial charge in [0.1, 0.15) is 5.82 Å². The van der Waals surface area contributed by atoms with Crippen LogP contribution in [0.5, 0.6) is 0 Å². The Hall–Kier alpha value is -2.43. The smallest absolute Gasteiger partial charge is 0.338 e. The number of esters is 1. The van der Waals surface area contributed by atoms with E-state index in [9.17, 15) is 14.0 Å². The van der Waals surface area contributed by atoms with Gasteiger partial charge < -0.3 is 9.30 Å². The zero-order valence-corrected chi connectivity index (χ0v) is 12.9. The summed E-state index contributed by atoms with van der Waals surface area (Å²) in [5.74, 6) is -0.947. The van der Waals surface area contributed by atoms with Gasteiger partial charge >= 0.3 is 5.97 Å². The Labute approximate surface area is 128 Å². The van der Waals surface area contributed by atoms with Crippen LogP contribution in [0, 0.1) is 12.7 Å². The zero-order chi connectivity index (χ0) is 16.3. The summed E-state index contributed by atoms with van der Waals surface area (Å²) in [5.41, 5.74) is 2.56. The minimum absolute atomic E-state index is 0.285. The van der Waals surface area contributed by atoms with Crippen molar-refractivity contribution in [3.8, 4) is 11.3 Å². The molecule has 0 aliphatic carbocycles. The van der Waals surface area contributed by atoms with Crippen molar-refractivity contribution in [2.24, 2.45) is 7.05 Å². The van der Waals surface area contributed by atoms with Crippen molar-refractivity contribution in [1.82, 2.24) is 4.57 Å². The minimum atomic E-state index is -0.497. The number of hydrogen-bond donors (Lipinski definition) is 0. The van der Waals surface area contributed by atoms with Gasteiger partial charge in [-0.25, -0.2) is 9.18 Å². The predicted octanol–water partition coefficient (Wildman–Crippen LogP) is 3.52. The lowest BCUT2D eigenvalue weighted by Gasteiger charge is -2.11. The number of rotatable bonds is 5. The molecule has 4 nitrogen and oxygen atoms in total. The second-order valence-electron chi connectivity index (χ2n) is 5.07. The maximum absolute atomic E-state index is 13.6. The first-order valence-corrected chi connectivity index (χ1v) is 7.08. The minimum Gasteiger partial charge on any atom is -0.462 e. The third kappa shape index (κ3) is 2.93. The molecule has 1 heterocycles. The molecule has 0 spiro atoms. The molecule has 0 amide bonds. The topological polar surface area (TPSA) is 48.3 Å². The van der Waals surface area contributed by atoms with Crippen LogP contribution in [-0.2, 0) is 11.8 Å². The fraction of sp³-hybridized carbons (Fsp3) is 0.294. The van der Waals surface area contributed by atoms with Gasteiger partial charge in [0.25, 0.3) is 0 Å². The van der Waals surface area contributed by atoms with E-state index in [0.29, 0.717) is 29.8 Å². The van der Waals surface area contributed by atoms with Gasteiger partial charge in [-0.3, -0.25) is 4.79 Å². The Morgan fingerprint density at radius 2 is 2.09 bits per heavy atom. The molecular formula is C17H18FNO3. The second-order valence-corrected chi connectivity index (χ2v) is 5.07. The second kappa shape index (κ2) is 6.56. The fourth-order valence-corrected chi connectivity index (χ4v) is 2.28. The molecule has 2 aromatic rings. The molecule has 5 heteroatoms. The molecule has 0 aliphatic rings. The first-order valence-electron chi connectivity index (χ1n) is 7.08. The summed E-state index contributed by atoms with van der Waals surface area (Å²) in [7, 11) is 1.77. The summed E-state index contributed by atoms with van der Waals surface area (Å²) >= 11 is 0. The van der Waals surface area contributed by atoms with Crippen LogP contribution in [0.1, 0.15) is 39.8 Å². The van der Waals surface area contributed by atoms with E-state index in [2.05, 4.69) is 0 Å². The maximum atomic E-state index is 13.6. The van der Waals surface area contributed by atoms with E-state index in [1.54, 1.807) is 24.6 Å². The number of carbonyl (C=O) groups excluding carboxylic acids is 2. The van der Waals surface area contributed by atoms with Gasteiger partial charge in [-0.1, -0.05) is 6.92 Å². The van der Waals surface area contributed by atoms with Crippen LogP contribution in [0.15, 0.2) is 24.3 Å². The third-order valence-electron chi connectivity index (χ3n) is 3.62. The average Bonchev–Trinajstić information content (AvgIpc) is 2.80. The van der Waals surface area contributed by atoms with Crippen LogP contribution in [0.25, 0.3) is 11.3 Å². The molecule has 116 valence electrons. The Bertz CT molecular complexity index is 719. The van der Waals surface area contributed by atoms with Gasteiger partial charge in [-0.2, -0.15) is 0 Å². The molecule has 0 saturated carbocycles. The number of halogens is 1. The number of aromatic nitrogens is 1. The molecule has 0 fully saturated rings. The summed E-state index contributed by atoms with van der Waals surface area (Å²) < 4.78 is 20.5. The molecule has 0 N–H and O–H groups in total. The average molecular weight is 303 g/mol. The summed E-state index contributed by atoms with van der Waals surface area (Å²) in [5, 5.41) is 0. The first-order chi connectivity index (χ1) is 10.5. The molecule has 0 unspecified atom stereocenters. The number of hydrogen-bond acceptors (Lipinski definition) is 3. The molecule has 0 bridgehead atoms. The van der Waals surface area contributed by atoms with E-state index in [1.165, 1.54) is 18.2 Å². The summed E-state index contributed by atoms with van der Waals surface area (Å²) in [4.78, 5) is 23.2.